The fourth-order valence-corrected chi connectivity index (χ4v) is 2.60. The lowest BCUT2D eigenvalue weighted by atomic mass is 9.98. The van der Waals surface area contributed by atoms with Gasteiger partial charge in [0.1, 0.15) is 6.61 Å². The van der Waals surface area contributed by atoms with E-state index in [1.807, 2.05) is 31.2 Å². The van der Waals surface area contributed by atoms with Gasteiger partial charge in [-0.3, -0.25) is 4.79 Å². The number of carbonyl (C=O) groups excluding carboxylic acids is 1. The summed E-state index contributed by atoms with van der Waals surface area (Å²) in [4.78, 5) is 12.2. The first kappa shape index (κ1) is 15.6. The predicted octanol–water partition coefficient (Wildman–Crippen LogP) is 1.46. The van der Waals surface area contributed by atoms with Gasteiger partial charge in [-0.1, -0.05) is 37.0 Å². The molecule has 0 radical (unpaired) electrons. The van der Waals surface area contributed by atoms with Gasteiger partial charge in [0.05, 0.1) is 12.0 Å². The van der Waals surface area contributed by atoms with Crippen molar-refractivity contribution in [3.63, 3.8) is 0 Å². The minimum absolute atomic E-state index is 0.0365. The molecule has 1 amide bonds. The molecule has 21 heavy (non-hydrogen) atoms. The third-order valence-electron chi connectivity index (χ3n) is 3.72. The lowest BCUT2D eigenvalue weighted by molar-refractivity contribution is -0.126. The average Bonchev–Trinajstić information content (AvgIpc) is 3.00. The maximum atomic E-state index is 12.2. The first-order chi connectivity index (χ1) is 10.3. The Morgan fingerprint density at radius 1 is 1.48 bits per heavy atom. The lowest BCUT2D eigenvalue weighted by Gasteiger charge is -2.16. The second-order valence-corrected chi connectivity index (χ2v) is 5.05. The molecule has 0 spiro atoms. The second-order valence-electron chi connectivity index (χ2n) is 5.05. The predicted molar refractivity (Wildman–Crippen MR) is 80.4 cm³/mol. The van der Waals surface area contributed by atoms with E-state index >= 15 is 0 Å². The molecule has 0 aromatic heterocycles. The van der Waals surface area contributed by atoms with Gasteiger partial charge in [0.15, 0.2) is 0 Å². The Kier molecular flexibility index (Phi) is 5.79. The topological polar surface area (TPSA) is 58.6 Å². The van der Waals surface area contributed by atoms with Crippen molar-refractivity contribution < 1.29 is 14.6 Å². The number of ether oxygens (including phenoxy) is 1. The van der Waals surface area contributed by atoms with Crippen molar-refractivity contribution in [1.29, 1.82) is 0 Å². The molecule has 1 saturated heterocycles. The average molecular weight is 287 g/mol. The molecule has 2 unspecified atom stereocenters. The quantitative estimate of drug-likeness (QED) is 0.824. The molecule has 2 rings (SSSR count). The molecular weight excluding hydrogens is 266 g/mol. The van der Waals surface area contributed by atoms with Crippen LogP contribution in [0, 0.1) is 17.8 Å². The van der Waals surface area contributed by atoms with Gasteiger partial charge in [-0.05, 0) is 24.5 Å². The van der Waals surface area contributed by atoms with Crippen LogP contribution in [0.5, 0.6) is 0 Å². The first-order valence-corrected chi connectivity index (χ1v) is 7.33. The molecule has 2 N–H and O–H groups in total. The van der Waals surface area contributed by atoms with E-state index in [4.69, 9.17) is 9.84 Å². The van der Waals surface area contributed by atoms with Crippen LogP contribution in [0.1, 0.15) is 30.9 Å². The largest absolute Gasteiger partial charge is 0.384 e. The zero-order chi connectivity index (χ0) is 15.1. The Hall–Kier alpha value is -1.83. The maximum absolute atomic E-state index is 12.2. The highest BCUT2D eigenvalue weighted by Crippen LogP contribution is 2.23. The van der Waals surface area contributed by atoms with E-state index in [1.54, 1.807) is 0 Å². The summed E-state index contributed by atoms with van der Waals surface area (Å²) in [5.41, 5.74) is 1.79. The van der Waals surface area contributed by atoms with Crippen molar-refractivity contribution in [2.45, 2.75) is 32.4 Å². The molecule has 1 fully saturated rings. The van der Waals surface area contributed by atoms with Crippen molar-refractivity contribution >= 4 is 5.91 Å². The Morgan fingerprint density at radius 3 is 3.05 bits per heavy atom. The number of carbonyl (C=O) groups is 1. The molecule has 4 nitrogen and oxygen atoms in total. The third-order valence-corrected chi connectivity index (χ3v) is 3.72. The van der Waals surface area contributed by atoms with Crippen LogP contribution >= 0.6 is 0 Å². The van der Waals surface area contributed by atoms with Gasteiger partial charge in [-0.25, -0.2) is 0 Å². The Balaban J connectivity index is 1.98. The van der Waals surface area contributed by atoms with Gasteiger partial charge in [-0.15, -0.1) is 0 Å². The van der Waals surface area contributed by atoms with Crippen LogP contribution in [-0.4, -0.2) is 30.3 Å². The van der Waals surface area contributed by atoms with Gasteiger partial charge in [0.25, 0.3) is 0 Å². The van der Waals surface area contributed by atoms with Crippen molar-refractivity contribution in [3.8, 4) is 11.8 Å². The molecule has 1 heterocycles. The third kappa shape index (κ3) is 4.07. The van der Waals surface area contributed by atoms with Crippen molar-refractivity contribution in [1.82, 2.24) is 5.32 Å². The van der Waals surface area contributed by atoms with Crippen LogP contribution in [0.4, 0.5) is 0 Å². The Bertz CT molecular complexity index is 544. The summed E-state index contributed by atoms with van der Waals surface area (Å²) >= 11 is 0. The molecule has 0 saturated carbocycles. The van der Waals surface area contributed by atoms with Crippen molar-refractivity contribution in [3.05, 3.63) is 35.4 Å². The summed E-state index contributed by atoms with van der Waals surface area (Å²) < 4.78 is 5.55. The van der Waals surface area contributed by atoms with Gasteiger partial charge in [0, 0.05) is 18.7 Å². The number of hydrogen-bond donors (Lipinski definition) is 2. The number of nitrogens with one attached hydrogen (secondary N) is 1. The fourth-order valence-electron chi connectivity index (χ4n) is 2.60. The van der Waals surface area contributed by atoms with E-state index in [-0.39, 0.29) is 24.5 Å². The van der Waals surface area contributed by atoms with Crippen molar-refractivity contribution in [2.24, 2.45) is 5.92 Å². The lowest BCUT2D eigenvalue weighted by Crippen LogP contribution is -2.34. The van der Waals surface area contributed by atoms with Crippen LogP contribution in [0.25, 0.3) is 0 Å². The van der Waals surface area contributed by atoms with Gasteiger partial charge >= 0.3 is 0 Å². The Labute approximate surface area is 125 Å². The Morgan fingerprint density at radius 2 is 2.29 bits per heavy atom. The van der Waals surface area contributed by atoms with E-state index in [0.29, 0.717) is 13.2 Å². The molecule has 1 aromatic carbocycles. The van der Waals surface area contributed by atoms with Crippen molar-refractivity contribution in [2.75, 3.05) is 13.2 Å². The molecule has 1 aliphatic rings. The fraction of sp³-hybridized carbons (Fsp3) is 0.471. The zero-order valence-corrected chi connectivity index (χ0v) is 12.3. The molecule has 1 aromatic rings. The monoisotopic (exact) mass is 287 g/mol. The highest BCUT2D eigenvalue weighted by Gasteiger charge is 2.32. The summed E-state index contributed by atoms with van der Waals surface area (Å²) in [5.74, 6) is 5.53. The van der Waals surface area contributed by atoms with Crippen LogP contribution in [0.2, 0.25) is 0 Å². The molecule has 112 valence electrons. The minimum Gasteiger partial charge on any atom is -0.384 e. The summed E-state index contributed by atoms with van der Waals surface area (Å²) in [7, 11) is 0. The number of rotatable bonds is 4. The SMILES string of the molecule is CCC1OCCC1C(=O)NCc1ccccc1C#CCO. The highest BCUT2D eigenvalue weighted by atomic mass is 16.5. The molecule has 0 bridgehead atoms. The summed E-state index contributed by atoms with van der Waals surface area (Å²) in [6.07, 6.45) is 1.68. The van der Waals surface area contributed by atoms with E-state index in [2.05, 4.69) is 17.2 Å². The zero-order valence-electron chi connectivity index (χ0n) is 12.3. The first-order valence-electron chi connectivity index (χ1n) is 7.33. The van der Waals surface area contributed by atoms with Crippen LogP contribution < -0.4 is 5.32 Å². The number of aliphatic hydroxyl groups is 1. The molecule has 2 atom stereocenters. The van der Waals surface area contributed by atoms with Crippen LogP contribution in [0.3, 0.4) is 0 Å². The van der Waals surface area contributed by atoms with E-state index in [9.17, 15) is 4.79 Å². The second kappa shape index (κ2) is 7.82. The number of hydrogen-bond acceptors (Lipinski definition) is 3. The highest BCUT2D eigenvalue weighted by molar-refractivity contribution is 5.79. The smallest absolute Gasteiger partial charge is 0.226 e. The maximum Gasteiger partial charge on any atom is 0.226 e. The standard InChI is InChI=1S/C17H21NO3/c1-2-16-15(9-11-21-16)17(20)18-12-14-7-4-3-6-13(14)8-5-10-19/h3-4,6-7,15-16,19H,2,9-12H2,1H3,(H,18,20). The number of benzene rings is 1. The van der Waals surface area contributed by atoms with Crippen LogP contribution in [0.15, 0.2) is 24.3 Å². The van der Waals surface area contributed by atoms with E-state index in [1.165, 1.54) is 0 Å². The normalized spacial score (nSPS) is 20.7. The molecule has 4 heteroatoms. The number of aliphatic hydroxyl groups excluding tert-OH is 1. The summed E-state index contributed by atoms with van der Waals surface area (Å²) in [6, 6.07) is 7.63. The van der Waals surface area contributed by atoms with Gasteiger partial charge < -0.3 is 15.2 Å². The molecular formula is C17H21NO3. The summed E-state index contributed by atoms with van der Waals surface area (Å²) in [5, 5.41) is 11.8. The van der Waals surface area contributed by atoms with Crippen LogP contribution in [-0.2, 0) is 16.1 Å². The van der Waals surface area contributed by atoms with Gasteiger partial charge in [0.2, 0.25) is 5.91 Å². The number of amides is 1. The van der Waals surface area contributed by atoms with E-state index < -0.39 is 0 Å². The van der Waals surface area contributed by atoms with E-state index in [0.717, 1.165) is 24.0 Å². The summed E-state index contributed by atoms with van der Waals surface area (Å²) in [6.45, 7) is 2.98. The molecule has 1 aliphatic heterocycles. The molecule has 0 aliphatic carbocycles. The minimum atomic E-state index is -0.168. The van der Waals surface area contributed by atoms with Gasteiger partial charge in [-0.2, -0.15) is 0 Å².